The second kappa shape index (κ2) is 7.17. The number of benzene rings is 2. The van der Waals surface area contributed by atoms with Gasteiger partial charge in [-0.25, -0.2) is 8.78 Å². The minimum Gasteiger partial charge on any atom is -0.271 e. The van der Waals surface area contributed by atoms with E-state index in [-0.39, 0.29) is 5.56 Å². The highest BCUT2D eigenvalue weighted by atomic mass is 79.9. The fourth-order valence-electron chi connectivity index (χ4n) is 1.75. The molecular formula is C14H13BrF2N2S. The summed E-state index contributed by atoms with van der Waals surface area (Å²) < 4.78 is 27.9. The van der Waals surface area contributed by atoms with Crippen molar-refractivity contribution in [1.82, 2.24) is 5.43 Å². The van der Waals surface area contributed by atoms with E-state index in [1.165, 1.54) is 17.8 Å². The van der Waals surface area contributed by atoms with E-state index in [1.807, 2.05) is 24.3 Å². The van der Waals surface area contributed by atoms with Crippen LogP contribution in [0.25, 0.3) is 0 Å². The van der Waals surface area contributed by atoms with E-state index in [4.69, 9.17) is 5.84 Å². The Morgan fingerprint density at radius 2 is 2.00 bits per heavy atom. The van der Waals surface area contributed by atoms with Gasteiger partial charge in [0, 0.05) is 20.7 Å². The summed E-state index contributed by atoms with van der Waals surface area (Å²) in [6.07, 6.45) is 0. The van der Waals surface area contributed by atoms with Crippen LogP contribution >= 0.6 is 27.7 Å². The molecule has 0 aliphatic heterocycles. The molecule has 0 heterocycles. The molecule has 2 nitrogen and oxygen atoms in total. The third-order valence-corrected chi connectivity index (χ3v) is 4.33. The molecule has 2 rings (SSSR count). The van der Waals surface area contributed by atoms with E-state index in [0.717, 1.165) is 21.5 Å². The largest absolute Gasteiger partial charge is 0.271 e. The van der Waals surface area contributed by atoms with Crippen molar-refractivity contribution in [2.45, 2.75) is 10.9 Å². The highest BCUT2D eigenvalue weighted by molar-refractivity contribution is 9.10. The van der Waals surface area contributed by atoms with Crippen molar-refractivity contribution in [3.05, 3.63) is 64.1 Å². The van der Waals surface area contributed by atoms with Gasteiger partial charge in [0.05, 0.1) is 6.04 Å². The third kappa shape index (κ3) is 4.02. The lowest BCUT2D eigenvalue weighted by Crippen LogP contribution is -2.30. The Morgan fingerprint density at radius 1 is 1.20 bits per heavy atom. The number of hydrogen-bond acceptors (Lipinski definition) is 3. The Hall–Kier alpha value is -0.950. The van der Waals surface area contributed by atoms with Gasteiger partial charge in [-0.1, -0.05) is 22.0 Å². The number of thioether (sulfide) groups is 1. The molecular weight excluding hydrogens is 346 g/mol. The van der Waals surface area contributed by atoms with E-state index < -0.39 is 17.7 Å². The number of rotatable bonds is 5. The molecule has 6 heteroatoms. The molecule has 2 aromatic carbocycles. The lowest BCUT2D eigenvalue weighted by molar-refractivity contribution is 0.534. The summed E-state index contributed by atoms with van der Waals surface area (Å²) in [4.78, 5) is 1.02. The van der Waals surface area contributed by atoms with E-state index in [9.17, 15) is 8.78 Å². The first kappa shape index (κ1) is 15.4. The maximum Gasteiger partial charge on any atom is 0.128 e. The fourth-order valence-corrected chi connectivity index (χ4v) is 3.32. The molecule has 0 aliphatic carbocycles. The van der Waals surface area contributed by atoms with Crippen LogP contribution in [-0.4, -0.2) is 5.75 Å². The Kier molecular flexibility index (Phi) is 5.54. The lowest BCUT2D eigenvalue weighted by Gasteiger charge is -2.17. The molecule has 0 spiro atoms. The van der Waals surface area contributed by atoms with Crippen molar-refractivity contribution >= 4 is 27.7 Å². The molecule has 1 unspecified atom stereocenters. The van der Waals surface area contributed by atoms with Crippen molar-refractivity contribution in [1.29, 1.82) is 0 Å². The summed E-state index contributed by atoms with van der Waals surface area (Å²) >= 11 is 4.90. The van der Waals surface area contributed by atoms with Gasteiger partial charge in [0.2, 0.25) is 0 Å². The molecule has 106 valence electrons. The van der Waals surface area contributed by atoms with Gasteiger partial charge in [0.15, 0.2) is 0 Å². The maximum atomic E-state index is 13.7. The zero-order chi connectivity index (χ0) is 14.5. The summed E-state index contributed by atoms with van der Waals surface area (Å²) in [6.45, 7) is 0. The minimum absolute atomic E-state index is 0.231. The molecule has 0 aliphatic rings. The maximum absolute atomic E-state index is 13.7. The molecule has 0 fully saturated rings. The predicted molar refractivity (Wildman–Crippen MR) is 81.3 cm³/mol. The predicted octanol–water partition coefficient (Wildman–Crippen LogP) is 4.02. The molecule has 2 aromatic rings. The zero-order valence-corrected chi connectivity index (χ0v) is 12.8. The Balaban J connectivity index is 2.11. The van der Waals surface area contributed by atoms with Gasteiger partial charge in [-0.05, 0) is 36.4 Å². The molecule has 0 radical (unpaired) electrons. The van der Waals surface area contributed by atoms with Crippen LogP contribution in [0.15, 0.2) is 51.8 Å². The van der Waals surface area contributed by atoms with Crippen LogP contribution in [0, 0.1) is 11.6 Å². The number of hydrogen-bond donors (Lipinski definition) is 2. The summed E-state index contributed by atoms with van der Waals surface area (Å²) in [6, 6.07) is 10.7. The highest BCUT2D eigenvalue weighted by Gasteiger charge is 2.15. The number of hydrazine groups is 1. The highest BCUT2D eigenvalue weighted by Crippen LogP contribution is 2.27. The second-order valence-electron chi connectivity index (χ2n) is 4.15. The molecule has 0 saturated carbocycles. The van der Waals surface area contributed by atoms with Crippen LogP contribution in [0.2, 0.25) is 0 Å². The SMILES string of the molecule is NNC(CSc1cccc(Br)c1)c1cc(F)ccc1F. The monoisotopic (exact) mass is 358 g/mol. The van der Waals surface area contributed by atoms with Crippen molar-refractivity contribution < 1.29 is 8.78 Å². The molecule has 0 amide bonds. The average molecular weight is 359 g/mol. The molecule has 0 aromatic heterocycles. The van der Waals surface area contributed by atoms with Crippen molar-refractivity contribution in [2.75, 3.05) is 5.75 Å². The van der Waals surface area contributed by atoms with Crippen molar-refractivity contribution in [2.24, 2.45) is 5.84 Å². The summed E-state index contributed by atoms with van der Waals surface area (Å²) in [5, 5.41) is 0. The quantitative estimate of drug-likeness (QED) is 0.481. The van der Waals surface area contributed by atoms with Crippen molar-refractivity contribution in [3.63, 3.8) is 0 Å². The minimum atomic E-state index is -0.478. The first-order valence-corrected chi connectivity index (χ1v) is 7.67. The third-order valence-electron chi connectivity index (χ3n) is 2.75. The smallest absolute Gasteiger partial charge is 0.128 e. The van der Waals surface area contributed by atoms with Gasteiger partial charge in [0.1, 0.15) is 11.6 Å². The van der Waals surface area contributed by atoms with Gasteiger partial charge in [0.25, 0.3) is 0 Å². The van der Waals surface area contributed by atoms with Crippen LogP contribution in [0.1, 0.15) is 11.6 Å². The number of nitrogens with one attached hydrogen (secondary N) is 1. The van der Waals surface area contributed by atoms with Crippen LogP contribution < -0.4 is 11.3 Å². The molecule has 20 heavy (non-hydrogen) atoms. The van der Waals surface area contributed by atoms with Crippen LogP contribution in [0.5, 0.6) is 0 Å². The van der Waals surface area contributed by atoms with Crippen molar-refractivity contribution in [3.8, 4) is 0 Å². The van der Waals surface area contributed by atoms with Gasteiger partial charge >= 0.3 is 0 Å². The normalized spacial score (nSPS) is 12.4. The molecule has 0 bridgehead atoms. The summed E-state index contributed by atoms with van der Waals surface area (Å²) in [7, 11) is 0. The van der Waals surface area contributed by atoms with Gasteiger partial charge < -0.3 is 0 Å². The van der Waals surface area contributed by atoms with E-state index in [0.29, 0.717) is 5.75 Å². The summed E-state index contributed by atoms with van der Waals surface area (Å²) in [5.41, 5.74) is 2.76. The summed E-state index contributed by atoms with van der Waals surface area (Å²) in [5.74, 6) is 5.00. The van der Waals surface area contributed by atoms with E-state index in [2.05, 4.69) is 21.4 Å². The van der Waals surface area contributed by atoms with Gasteiger partial charge in [-0.2, -0.15) is 0 Å². The Morgan fingerprint density at radius 3 is 2.70 bits per heavy atom. The second-order valence-corrected chi connectivity index (χ2v) is 6.16. The standard InChI is InChI=1S/C14H13BrF2N2S/c15-9-2-1-3-11(6-9)20-8-14(19-18)12-7-10(16)4-5-13(12)17/h1-7,14,19H,8,18H2. The van der Waals surface area contributed by atoms with Crippen LogP contribution in [0.4, 0.5) is 8.78 Å². The topological polar surface area (TPSA) is 38.0 Å². The lowest BCUT2D eigenvalue weighted by atomic mass is 10.1. The molecule has 3 N–H and O–H groups in total. The number of nitrogens with two attached hydrogens (primary N) is 1. The first-order chi connectivity index (χ1) is 9.60. The number of halogens is 3. The molecule has 0 saturated heterocycles. The average Bonchev–Trinajstić information content (AvgIpc) is 2.43. The van der Waals surface area contributed by atoms with Crippen LogP contribution in [-0.2, 0) is 0 Å². The van der Waals surface area contributed by atoms with Gasteiger partial charge in [-0.3, -0.25) is 11.3 Å². The van der Waals surface area contributed by atoms with Crippen LogP contribution in [0.3, 0.4) is 0 Å². The molecule has 1 atom stereocenters. The first-order valence-electron chi connectivity index (χ1n) is 5.89. The Bertz CT molecular complexity index is 595. The van der Waals surface area contributed by atoms with E-state index in [1.54, 1.807) is 0 Å². The Labute approximate surface area is 128 Å². The zero-order valence-electron chi connectivity index (χ0n) is 10.4. The van der Waals surface area contributed by atoms with Gasteiger partial charge in [-0.15, -0.1) is 11.8 Å². The fraction of sp³-hybridized carbons (Fsp3) is 0.143. The van der Waals surface area contributed by atoms with E-state index >= 15 is 0 Å².